The molecule has 1 saturated carbocycles. The Morgan fingerprint density at radius 3 is 2.56 bits per heavy atom. The molecule has 1 N–H and O–H groups in total. The number of thiol groups is 1. The molecule has 2 heterocycles. The number of hydrogen-bond acceptors (Lipinski definition) is 5. The molecule has 6 nitrogen and oxygen atoms in total. The molecule has 0 spiro atoms. The molecule has 3 aliphatic rings. The molecule has 9 heteroatoms. The molecule has 2 unspecified atom stereocenters. The highest BCUT2D eigenvalue weighted by molar-refractivity contribution is 8.03. The number of carbonyl (C=O) groups excluding carboxylic acids is 1. The molecule has 1 aromatic rings. The number of rotatable bonds is 6. The monoisotopic (exact) mass is 467 g/mol. The molecule has 0 aromatic heterocycles. The van der Waals surface area contributed by atoms with Crippen molar-refractivity contribution in [2.24, 2.45) is 0 Å². The molecular formula is C23H31F2N3O3S. The minimum atomic E-state index is -3.23. The van der Waals surface area contributed by atoms with Crippen molar-refractivity contribution in [3.8, 4) is 6.07 Å². The zero-order chi connectivity index (χ0) is 23.1. The van der Waals surface area contributed by atoms with Gasteiger partial charge in [0.15, 0.2) is 0 Å². The zero-order valence-corrected chi connectivity index (χ0v) is 19.4. The van der Waals surface area contributed by atoms with Crippen molar-refractivity contribution in [2.45, 2.75) is 72.7 Å². The molecule has 0 bridgehead atoms. The van der Waals surface area contributed by atoms with Gasteiger partial charge in [0.05, 0.1) is 12.1 Å². The van der Waals surface area contributed by atoms with Gasteiger partial charge in [-0.15, -0.1) is 0 Å². The Hall–Kier alpha value is -1.89. The molecule has 2 saturated heterocycles. The summed E-state index contributed by atoms with van der Waals surface area (Å²) in [7, 11) is -3.23. The van der Waals surface area contributed by atoms with Crippen molar-refractivity contribution in [1.82, 2.24) is 10.2 Å². The fraction of sp³-hybridized carbons (Fsp3) is 0.652. The summed E-state index contributed by atoms with van der Waals surface area (Å²) in [6, 6.07) is 7.80. The molecule has 1 aromatic carbocycles. The lowest BCUT2D eigenvalue weighted by Crippen LogP contribution is -2.51. The van der Waals surface area contributed by atoms with Crippen LogP contribution in [0.4, 0.5) is 8.78 Å². The maximum Gasteiger partial charge on any atom is 0.271 e. The highest BCUT2D eigenvalue weighted by atomic mass is 32.2. The lowest BCUT2D eigenvalue weighted by molar-refractivity contribution is -0.127. The van der Waals surface area contributed by atoms with E-state index in [2.05, 4.69) is 16.3 Å². The van der Waals surface area contributed by atoms with Crippen LogP contribution >= 0.6 is 0 Å². The molecule has 1 amide bonds. The largest absolute Gasteiger partial charge is 0.381 e. The number of halogens is 2. The third kappa shape index (κ3) is 4.45. The smallest absolute Gasteiger partial charge is 0.271 e. The first-order valence-electron chi connectivity index (χ1n) is 11.2. The van der Waals surface area contributed by atoms with Gasteiger partial charge in [0, 0.05) is 48.4 Å². The summed E-state index contributed by atoms with van der Waals surface area (Å²) in [4.78, 5) is 15.5. The first-order valence-corrected chi connectivity index (χ1v) is 13.4. The average molecular weight is 468 g/mol. The van der Waals surface area contributed by atoms with E-state index in [1.54, 1.807) is 12.3 Å². The van der Waals surface area contributed by atoms with Crippen molar-refractivity contribution < 1.29 is 22.5 Å². The second-order valence-corrected chi connectivity index (χ2v) is 12.7. The van der Waals surface area contributed by atoms with Gasteiger partial charge in [-0.25, -0.2) is 8.78 Å². The number of nitrogens with one attached hydrogen (secondary N) is 1. The van der Waals surface area contributed by atoms with Crippen LogP contribution < -0.4 is 5.32 Å². The van der Waals surface area contributed by atoms with Gasteiger partial charge in [0.2, 0.25) is 5.91 Å². The predicted octanol–water partition coefficient (Wildman–Crippen LogP) is 2.60. The van der Waals surface area contributed by atoms with Crippen molar-refractivity contribution in [2.75, 3.05) is 26.0 Å². The van der Waals surface area contributed by atoms with Crippen LogP contribution in [0.25, 0.3) is 0 Å². The van der Waals surface area contributed by atoms with E-state index in [1.807, 2.05) is 0 Å². The first kappa shape index (κ1) is 23.3. The number of amides is 1. The summed E-state index contributed by atoms with van der Waals surface area (Å²) in [6.07, 6.45) is 4.68. The molecule has 2 aliphatic heterocycles. The van der Waals surface area contributed by atoms with Crippen LogP contribution in [-0.2, 0) is 25.4 Å². The van der Waals surface area contributed by atoms with E-state index in [0.717, 1.165) is 19.8 Å². The summed E-state index contributed by atoms with van der Waals surface area (Å²) in [5, 5.41) is 11.9. The Balaban J connectivity index is 1.63. The summed E-state index contributed by atoms with van der Waals surface area (Å²) in [5.74, 6) is -3.34. The Morgan fingerprint density at radius 1 is 1.31 bits per heavy atom. The highest BCUT2D eigenvalue weighted by Gasteiger charge is 2.50. The van der Waals surface area contributed by atoms with Gasteiger partial charge in [-0.2, -0.15) is 5.26 Å². The Morgan fingerprint density at radius 2 is 1.97 bits per heavy atom. The zero-order valence-electron chi connectivity index (χ0n) is 18.5. The van der Waals surface area contributed by atoms with Gasteiger partial charge in [-0.3, -0.25) is 13.9 Å². The maximum atomic E-state index is 14.3. The maximum absolute atomic E-state index is 14.3. The number of alkyl halides is 2. The second-order valence-electron chi connectivity index (χ2n) is 9.52. The minimum Gasteiger partial charge on any atom is -0.381 e. The van der Waals surface area contributed by atoms with Gasteiger partial charge < -0.3 is 10.1 Å². The lowest BCUT2D eigenvalue weighted by Gasteiger charge is -2.35. The van der Waals surface area contributed by atoms with Gasteiger partial charge in [0.25, 0.3) is 5.92 Å². The van der Waals surface area contributed by atoms with Crippen LogP contribution in [-0.4, -0.2) is 63.9 Å². The molecule has 4 rings (SSSR count). The van der Waals surface area contributed by atoms with Gasteiger partial charge in [0.1, 0.15) is 5.54 Å². The van der Waals surface area contributed by atoms with E-state index in [1.165, 1.54) is 18.2 Å². The summed E-state index contributed by atoms with van der Waals surface area (Å²) >= 11 is 0. The van der Waals surface area contributed by atoms with Gasteiger partial charge in [-0.1, -0.05) is 28.1 Å². The van der Waals surface area contributed by atoms with Crippen molar-refractivity contribution in [3.05, 3.63) is 29.8 Å². The standard InChI is InChI=1S/C23H31F2N3O3S/c1-22(24,25)18-5-3-4-6-20(18)32(2,30)17-13-19(21(29)27-23(15-26)9-10-23)28(14-17)16-7-11-31-12-8-16/h3-6,16-17,19,32H,7-14H2,1-2H3,(H,27,29). The fourth-order valence-electron chi connectivity index (χ4n) is 5.01. The number of nitrogens with zero attached hydrogens (tertiary/aromatic N) is 2. The molecular weight excluding hydrogens is 436 g/mol. The number of carbonyl (C=O) groups is 1. The van der Waals surface area contributed by atoms with Gasteiger partial charge in [-0.05, 0) is 44.4 Å². The Kier molecular flexibility index (Phi) is 6.16. The predicted molar refractivity (Wildman–Crippen MR) is 118 cm³/mol. The van der Waals surface area contributed by atoms with E-state index >= 15 is 0 Å². The SMILES string of the molecule is CC(F)(F)c1ccccc1[SH](C)(=O)C1CC(C(=O)NC2(C#N)CC2)N(C2CCOCC2)C1. The van der Waals surface area contributed by atoms with E-state index in [0.29, 0.717) is 39.0 Å². The van der Waals surface area contributed by atoms with Crippen molar-refractivity contribution in [3.63, 3.8) is 0 Å². The van der Waals surface area contributed by atoms with Crippen LogP contribution in [0.5, 0.6) is 0 Å². The van der Waals surface area contributed by atoms with E-state index in [-0.39, 0.29) is 22.4 Å². The second kappa shape index (κ2) is 8.47. The third-order valence-electron chi connectivity index (χ3n) is 7.16. The van der Waals surface area contributed by atoms with Crippen LogP contribution in [0.2, 0.25) is 0 Å². The van der Waals surface area contributed by atoms with Crippen molar-refractivity contribution in [1.29, 1.82) is 5.26 Å². The van der Waals surface area contributed by atoms with Crippen LogP contribution in [0, 0.1) is 11.3 Å². The third-order valence-corrected chi connectivity index (χ3v) is 10.3. The summed E-state index contributed by atoms with van der Waals surface area (Å²) in [5.41, 5.74) is -0.999. The number of ether oxygens (including phenoxy) is 1. The minimum absolute atomic E-state index is 0.101. The molecule has 3 fully saturated rings. The quantitative estimate of drug-likeness (QED) is 0.629. The molecule has 1 aliphatic carbocycles. The summed E-state index contributed by atoms with van der Waals surface area (Å²) in [6.45, 7) is 2.41. The first-order chi connectivity index (χ1) is 15.1. The van der Waals surface area contributed by atoms with Crippen LogP contribution in [0.15, 0.2) is 29.2 Å². The molecule has 0 radical (unpaired) electrons. The molecule has 2 atom stereocenters. The van der Waals surface area contributed by atoms with Crippen molar-refractivity contribution >= 4 is 15.8 Å². The van der Waals surface area contributed by atoms with Gasteiger partial charge >= 0.3 is 0 Å². The number of likely N-dealkylation sites (tertiary alicyclic amines) is 1. The number of nitriles is 1. The molecule has 176 valence electrons. The van der Waals surface area contributed by atoms with E-state index in [9.17, 15) is 23.0 Å². The fourth-order valence-corrected chi connectivity index (χ4v) is 7.64. The lowest BCUT2D eigenvalue weighted by atomic mass is 10.1. The summed E-state index contributed by atoms with van der Waals surface area (Å²) < 4.78 is 48.1. The topological polar surface area (TPSA) is 82.4 Å². The number of benzene rings is 1. The van der Waals surface area contributed by atoms with E-state index in [4.69, 9.17) is 4.74 Å². The van der Waals surface area contributed by atoms with E-state index < -0.39 is 32.7 Å². The van der Waals surface area contributed by atoms with Crippen LogP contribution in [0.1, 0.15) is 44.6 Å². The highest BCUT2D eigenvalue weighted by Crippen LogP contribution is 2.41. The van der Waals surface area contributed by atoms with Crippen LogP contribution in [0.3, 0.4) is 0 Å². The Bertz CT molecular complexity index is 964. The number of hydrogen-bond donors (Lipinski definition) is 2. The normalized spacial score (nSPS) is 27.0. The average Bonchev–Trinajstić information content (AvgIpc) is 3.39. The molecule has 32 heavy (non-hydrogen) atoms. The Labute approximate surface area is 188 Å².